The number of halogens is 2. The molecule has 27 heavy (non-hydrogen) atoms. The molecular weight excluding hydrogens is 371 g/mol. The van der Waals surface area contributed by atoms with Crippen LogP contribution in [-0.2, 0) is 0 Å². The molecule has 0 saturated carbocycles. The van der Waals surface area contributed by atoms with Crippen LogP contribution in [0, 0.1) is 5.82 Å². The maximum atomic E-state index is 12.7. The summed E-state index contributed by atoms with van der Waals surface area (Å²) in [6.45, 7) is 0. The standard InChI is InChI=1S/C12H9ClN2O.C7H7FN2O/c13-11-9(12(14)16)6-7-10(15-11)8-4-2-1-3-5-8;8-5-3-1-2-4-6(5)10-7(9)11/h1-7H,(H2,14,16);1-4H,(H3,9,10,11). The SMILES string of the molecule is NC(=O)Nc1ccccc1F.NC(=O)c1ccc(-c2ccccc2)nc1Cl. The topological polar surface area (TPSA) is 111 Å². The molecule has 0 aliphatic rings. The minimum Gasteiger partial charge on any atom is -0.366 e. The lowest BCUT2D eigenvalue weighted by molar-refractivity contribution is 0.1000. The molecule has 138 valence electrons. The van der Waals surface area contributed by atoms with Crippen molar-refractivity contribution in [1.29, 1.82) is 0 Å². The van der Waals surface area contributed by atoms with Gasteiger partial charge in [-0.05, 0) is 24.3 Å². The third kappa shape index (κ3) is 5.79. The number of aromatic nitrogens is 1. The van der Waals surface area contributed by atoms with Crippen LogP contribution in [0.1, 0.15) is 10.4 Å². The molecule has 5 N–H and O–H groups in total. The lowest BCUT2D eigenvalue weighted by atomic mass is 10.1. The fourth-order valence-corrected chi connectivity index (χ4v) is 2.33. The number of urea groups is 1. The lowest BCUT2D eigenvalue weighted by Gasteiger charge is -2.03. The number of hydrogen-bond acceptors (Lipinski definition) is 3. The van der Waals surface area contributed by atoms with E-state index in [-0.39, 0.29) is 16.4 Å². The summed E-state index contributed by atoms with van der Waals surface area (Å²) in [7, 11) is 0. The third-order valence-electron chi connectivity index (χ3n) is 3.32. The van der Waals surface area contributed by atoms with Crippen LogP contribution in [0.2, 0.25) is 5.15 Å². The van der Waals surface area contributed by atoms with Crippen LogP contribution in [0.25, 0.3) is 11.3 Å². The average Bonchev–Trinajstić information content (AvgIpc) is 2.64. The fraction of sp³-hybridized carbons (Fsp3) is 0. The number of pyridine rings is 1. The van der Waals surface area contributed by atoms with Crippen molar-refractivity contribution in [3.8, 4) is 11.3 Å². The van der Waals surface area contributed by atoms with E-state index in [0.29, 0.717) is 0 Å². The number of anilines is 1. The van der Waals surface area contributed by atoms with Gasteiger partial charge in [-0.25, -0.2) is 14.2 Å². The third-order valence-corrected chi connectivity index (χ3v) is 3.60. The molecule has 3 rings (SSSR count). The second-order valence-electron chi connectivity index (χ2n) is 5.23. The number of hydrogen-bond donors (Lipinski definition) is 3. The number of nitrogens with one attached hydrogen (secondary N) is 1. The number of nitrogens with zero attached hydrogens (tertiary/aromatic N) is 1. The number of nitrogens with two attached hydrogens (primary N) is 2. The van der Waals surface area contributed by atoms with E-state index in [1.165, 1.54) is 18.2 Å². The Hall–Kier alpha value is -3.45. The van der Waals surface area contributed by atoms with Gasteiger partial charge in [0.1, 0.15) is 11.0 Å². The van der Waals surface area contributed by atoms with Crippen molar-refractivity contribution < 1.29 is 14.0 Å². The van der Waals surface area contributed by atoms with Crippen molar-refractivity contribution in [2.45, 2.75) is 0 Å². The molecule has 1 heterocycles. The van der Waals surface area contributed by atoms with Gasteiger partial charge in [0.25, 0.3) is 5.91 Å². The van der Waals surface area contributed by atoms with Crippen LogP contribution in [0.15, 0.2) is 66.7 Å². The first-order valence-corrected chi connectivity index (χ1v) is 8.09. The fourth-order valence-electron chi connectivity index (χ4n) is 2.08. The van der Waals surface area contributed by atoms with Gasteiger partial charge in [0.15, 0.2) is 0 Å². The number of benzene rings is 2. The summed E-state index contributed by atoms with van der Waals surface area (Å²) in [4.78, 5) is 25.4. The Labute approximate surface area is 160 Å². The van der Waals surface area contributed by atoms with Crippen LogP contribution in [0.5, 0.6) is 0 Å². The first-order chi connectivity index (χ1) is 12.9. The van der Waals surface area contributed by atoms with E-state index in [2.05, 4.69) is 10.3 Å². The minimum absolute atomic E-state index is 0.0972. The highest BCUT2D eigenvalue weighted by atomic mass is 35.5. The molecule has 0 fully saturated rings. The van der Waals surface area contributed by atoms with Gasteiger partial charge in [-0.1, -0.05) is 54.1 Å². The smallest absolute Gasteiger partial charge is 0.316 e. The molecule has 0 bridgehead atoms. The summed E-state index contributed by atoms with van der Waals surface area (Å²) in [5.74, 6) is -1.07. The molecule has 8 heteroatoms. The maximum absolute atomic E-state index is 12.7. The van der Waals surface area contributed by atoms with Crippen molar-refractivity contribution in [3.63, 3.8) is 0 Å². The van der Waals surface area contributed by atoms with Crippen molar-refractivity contribution in [2.75, 3.05) is 5.32 Å². The van der Waals surface area contributed by atoms with Gasteiger partial charge < -0.3 is 16.8 Å². The van der Waals surface area contributed by atoms with E-state index in [0.717, 1.165) is 11.3 Å². The number of carbonyl (C=O) groups excluding carboxylic acids is 2. The Morgan fingerprint density at radius 1 is 0.926 bits per heavy atom. The average molecular weight is 387 g/mol. The number of rotatable bonds is 3. The van der Waals surface area contributed by atoms with Crippen LogP contribution < -0.4 is 16.8 Å². The summed E-state index contributed by atoms with van der Waals surface area (Å²) in [6, 6.07) is 17.9. The van der Waals surface area contributed by atoms with E-state index in [1.54, 1.807) is 18.2 Å². The molecule has 0 aliphatic heterocycles. The molecule has 1 aromatic heterocycles. The van der Waals surface area contributed by atoms with Gasteiger partial charge in [0, 0.05) is 5.56 Å². The molecule has 0 spiro atoms. The predicted molar refractivity (Wildman–Crippen MR) is 103 cm³/mol. The van der Waals surface area contributed by atoms with Gasteiger partial charge in [-0.15, -0.1) is 0 Å². The Bertz CT molecular complexity index is 951. The van der Waals surface area contributed by atoms with Crippen LogP contribution >= 0.6 is 11.6 Å². The van der Waals surface area contributed by atoms with E-state index in [1.807, 2.05) is 30.3 Å². The normalized spacial score (nSPS) is 9.70. The van der Waals surface area contributed by atoms with E-state index < -0.39 is 17.8 Å². The molecule has 0 aliphatic carbocycles. The van der Waals surface area contributed by atoms with Crippen molar-refractivity contribution in [2.24, 2.45) is 11.5 Å². The molecule has 6 nitrogen and oxygen atoms in total. The molecule has 0 unspecified atom stereocenters. The van der Waals surface area contributed by atoms with Crippen LogP contribution in [0.4, 0.5) is 14.9 Å². The van der Waals surface area contributed by atoms with Crippen molar-refractivity contribution in [3.05, 3.63) is 83.3 Å². The molecule has 3 amide bonds. The number of amides is 3. The van der Waals surface area contributed by atoms with Crippen LogP contribution in [0.3, 0.4) is 0 Å². The second kappa shape index (κ2) is 9.30. The van der Waals surface area contributed by atoms with Crippen LogP contribution in [-0.4, -0.2) is 16.9 Å². The Balaban J connectivity index is 0.000000208. The van der Waals surface area contributed by atoms with E-state index >= 15 is 0 Å². The zero-order valence-corrected chi connectivity index (χ0v) is 14.8. The second-order valence-corrected chi connectivity index (χ2v) is 5.59. The highest BCUT2D eigenvalue weighted by Crippen LogP contribution is 2.21. The van der Waals surface area contributed by atoms with Gasteiger partial charge in [-0.3, -0.25) is 4.79 Å². The predicted octanol–water partition coefficient (Wildman–Crippen LogP) is 3.82. The Kier molecular flexibility index (Phi) is 6.85. The van der Waals surface area contributed by atoms with E-state index in [9.17, 15) is 14.0 Å². The first kappa shape index (κ1) is 19.9. The quantitative estimate of drug-likeness (QED) is 0.595. The highest BCUT2D eigenvalue weighted by Gasteiger charge is 2.09. The van der Waals surface area contributed by atoms with E-state index in [4.69, 9.17) is 23.1 Å². The van der Waals surface area contributed by atoms with Crippen molar-refractivity contribution >= 4 is 29.2 Å². The van der Waals surface area contributed by atoms with Crippen molar-refractivity contribution in [1.82, 2.24) is 4.98 Å². The number of primary amides is 2. The Morgan fingerprint density at radius 3 is 2.11 bits per heavy atom. The monoisotopic (exact) mass is 386 g/mol. The zero-order chi connectivity index (χ0) is 19.8. The number of para-hydroxylation sites is 1. The minimum atomic E-state index is -0.768. The number of carbonyl (C=O) groups is 2. The summed E-state index contributed by atoms with van der Waals surface area (Å²) < 4.78 is 12.7. The molecule has 0 radical (unpaired) electrons. The maximum Gasteiger partial charge on any atom is 0.316 e. The van der Waals surface area contributed by atoms with Gasteiger partial charge in [-0.2, -0.15) is 0 Å². The molecular formula is C19H16ClFN4O2. The summed E-state index contributed by atoms with van der Waals surface area (Å²) >= 11 is 5.86. The van der Waals surface area contributed by atoms with Gasteiger partial charge >= 0.3 is 6.03 Å². The highest BCUT2D eigenvalue weighted by molar-refractivity contribution is 6.32. The molecule has 3 aromatic rings. The Morgan fingerprint density at radius 2 is 1.56 bits per heavy atom. The molecule has 0 saturated heterocycles. The van der Waals surface area contributed by atoms with Gasteiger partial charge in [0.2, 0.25) is 0 Å². The lowest BCUT2D eigenvalue weighted by Crippen LogP contribution is -2.19. The summed E-state index contributed by atoms with van der Waals surface area (Å²) in [5.41, 5.74) is 11.9. The molecule has 2 aromatic carbocycles. The zero-order valence-electron chi connectivity index (χ0n) is 14.0. The van der Waals surface area contributed by atoms with Gasteiger partial charge in [0.05, 0.1) is 16.9 Å². The summed E-state index contributed by atoms with van der Waals surface area (Å²) in [6.07, 6.45) is 0. The molecule has 0 atom stereocenters. The first-order valence-electron chi connectivity index (χ1n) is 7.71. The largest absolute Gasteiger partial charge is 0.366 e. The summed E-state index contributed by atoms with van der Waals surface area (Å²) in [5, 5.41) is 2.27.